The second kappa shape index (κ2) is 5.75. The first-order valence-corrected chi connectivity index (χ1v) is 9.19. The molecule has 2 aliphatic rings. The van der Waals surface area contributed by atoms with Crippen molar-refractivity contribution in [2.24, 2.45) is 0 Å². The zero-order valence-corrected chi connectivity index (χ0v) is 14.1. The number of hydrogen-bond acceptors (Lipinski definition) is 8. The van der Waals surface area contributed by atoms with E-state index < -0.39 is 0 Å². The molecule has 1 saturated carbocycles. The summed E-state index contributed by atoms with van der Waals surface area (Å²) in [6.45, 7) is 4.75. The lowest BCUT2D eigenvalue weighted by Gasteiger charge is -2.35. The van der Waals surface area contributed by atoms with Crippen LogP contribution in [0.25, 0.3) is 10.2 Å². The molecule has 0 unspecified atom stereocenters. The summed E-state index contributed by atoms with van der Waals surface area (Å²) in [4.78, 5) is 13.6. The number of piperazine rings is 1. The lowest BCUT2D eigenvalue weighted by molar-refractivity contribution is 0.239. The minimum Gasteiger partial charge on any atom is -0.353 e. The summed E-state index contributed by atoms with van der Waals surface area (Å²) in [6, 6.07) is 2.59. The molecule has 2 fully saturated rings. The van der Waals surface area contributed by atoms with Gasteiger partial charge in [0.1, 0.15) is 12.1 Å². The van der Waals surface area contributed by atoms with Crippen molar-refractivity contribution in [3.05, 3.63) is 23.6 Å². The molecule has 0 amide bonds. The summed E-state index contributed by atoms with van der Waals surface area (Å²) in [6.07, 6.45) is 4.08. The van der Waals surface area contributed by atoms with Crippen LogP contribution in [0.4, 0.5) is 5.82 Å². The summed E-state index contributed by atoms with van der Waals surface area (Å²) in [7, 11) is 0. The zero-order chi connectivity index (χ0) is 15.9. The fraction of sp³-hybridized carbons (Fsp3) is 0.533. The van der Waals surface area contributed by atoms with Crippen LogP contribution in [0.5, 0.6) is 0 Å². The standard InChI is InChI=1S/C15H18N8S/c1-2-11(1)23-13(18-19-20-23)9-21-4-6-22(7-5-21)15-14-12(3-8-24-14)16-10-17-15/h3,8,10-11H,1-2,4-7,9H2. The number of anilines is 1. The second-order valence-electron chi connectivity index (χ2n) is 6.37. The van der Waals surface area contributed by atoms with Gasteiger partial charge in [-0.05, 0) is 34.7 Å². The van der Waals surface area contributed by atoms with Crippen LogP contribution in [0.1, 0.15) is 24.7 Å². The maximum atomic E-state index is 4.52. The maximum Gasteiger partial charge on any atom is 0.165 e. The van der Waals surface area contributed by atoms with E-state index in [0.717, 1.165) is 49.9 Å². The molecule has 0 radical (unpaired) electrons. The lowest BCUT2D eigenvalue weighted by Crippen LogP contribution is -2.46. The molecule has 1 aliphatic carbocycles. The highest BCUT2D eigenvalue weighted by atomic mass is 32.1. The molecule has 3 aromatic rings. The quantitative estimate of drug-likeness (QED) is 0.708. The average molecular weight is 342 g/mol. The Labute approximate surface area is 143 Å². The van der Waals surface area contributed by atoms with Crippen LogP contribution in [-0.4, -0.2) is 61.3 Å². The van der Waals surface area contributed by atoms with E-state index >= 15 is 0 Å². The van der Waals surface area contributed by atoms with E-state index in [9.17, 15) is 0 Å². The van der Waals surface area contributed by atoms with Gasteiger partial charge in [-0.15, -0.1) is 16.4 Å². The third kappa shape index (κ3) is 2.53. The third-order valence-corrected chi connectivity index (χ3v) is 5.61. The van der Waals surface area contributed by atoms with E-state index in [1.54, 1.807) is 17.7 Å². The monoisotopic (exact) mass is 342 g/mol. The molecule has 0 N–H and O–H groups in total. The molecule has 0 bridgehead atoms. The first-order chi connectivity index (χ1) is 11.9. The molecule has 3 aromatic heterocycles. The van der Waals surface area contributed by atoms with Crippen LogP contribution in [0, 0.1) is 0 Å². The van der Waals surface area contributed by atoms with E-state index in [2.05, 4.69) is 46.7 Å². The molecule has 1 saturated heterocycles. The highest BCUT2D eigenvalue weighted by Crippen LogP contribution is 2.34. The summed E-state index contributed by atoms with van der Waals surface area (Å²) < 4.78 is 3.19. The third-order valence-electron chi connectivity index (χ3n) is 4.71. The molecule has 4 heterocycles. The van der Waals surface area contributed by atoms with Gasteiger partial charge in [0.05, 0.1) is 22.8 Å². The summed E-state index contributed by atoms with van der Waals surface area (Å²) in [5.74, 6) is 2.06. The molecule has 24 heavy (non-hydrogen) atoms. The normalized spacial score (nSPS) is 19.2. The van der Waals surface area contributed by atoms with Crippen LogP contribution in [-0.2, 0) is 6.54 Å². The number of tetrazole rings is 1. The van der Waals surface area contributed by atoms with Gasteiger partial charge in [-0.1, -0.05) is 0 Å². The number of aromatic nitrogens is 6. The van der Waals surface area contributed by atoms with Crippen molar-refractivity contribution in [1.29, 1.82) is 0 Å². The summed E-state index contributed by atoms with van der Waals surface area (Å²) in [5.41, 5.74) is 1.04. The Hall–Kier alpha value is -2.13. The van der Waals surface area contributed by atoms with E-state index in [1.807, 2.05) is 4.68 Å². The molecule has 9 heteroatoms. The Morgan fingerprint density at radius 3 is 2.83 bits per heavy atom. The van der Waals surface area contributed by atoms with Gasteiger partial charge in [0.2, 0.25) is 0 Å². The van der Waals surface area contributed by atoms with Crippen molar-refractivity contribution >= 4 is 27.4 Å². The van der Waals surface area contributed by atoms with Gasteiger partial charge in [-0.3, -0.25) is 4.90 Å². The van der Waals surface area contributed by atoms with Crippen molar-refractivity contribution in [2.75, 3.05) is 31.1 Å². The Morgan fingerprint density at radius 1 is 1.12 bits per heavy atom. The van der Waals surface area contributed by atoms with Crippen LogP contribution in [0.2, 0.25) is 0 Å². The highest BCUT2D eigenvalue weighted by Gasteiger charge is 2.29. The summed E-state index contributed by atoms with van der Waals surface area (Å²) >= 11 is 1.71. The first kappa shape index (κ1) is 14.2. The van der Waals surface area contributed by atoms with Gasteiger partial charge in [0, 0.05) is 26.2 Å². The Balaban J connectivity index is 1.27. The Kier molecular flexibility index (Phi) is 3.41. The average Bonchev–Trinajstić information content (AvgIpc) is 3.16. The van der Waals surface area contributed by atoms with Gasteiger partial charge >= 0.3 is 0 Å². The molecule has 8 nitrogen and oxygen atoms in total. The molecular weight excluding hydrogens is 324 g/mol. The van der Waals surface area contributed by atoms with E-state index in [1.165, 1.54) is 17.5 Å². The number of fused-ring (bicyclic) bond motifs is 1. The van der Waals surface area contributed by atoms with Gasteiger partial charge < -0.3 is 4.90 Å². The highest BCUT2D eigenvalue weighted by molar-refractivity contribution is 7.17. The number of thiophene rings is 1. The van der Waals surface area contributed by atoms with Crippen LogP contribution < -0.4 is 4.90 Å². The molecule has 5 rings (SSSR count). The van der Waals surface area contributed by atoms with Crippen molar-refractivity contribution in [3.63, 3.8) is 0 Å². The fourth-order valence-corrected chi connectivity index (χ4v) is 4.10. The van der Waals surface area contributed by atoms with Crippen LogP contribution >= 0.6 is 11.3 Å². The topological polar surface area (TPSA) is 75.9 Å². The number of nitrogens with zero attached hydrogens (tertiary/aromatic N) is 8. The molecule has 0 aromatic carbocycles. The van der Waals surface area contributed by atoms with Crippen molar-refractivity contribution in [3.8, 4) is 0 Å². The Bertz CT molecular complexity index is 846. The number of hydrogen-bond donors (Lipinski definition) is 0. The van der Waals surface area contributed by atoms with Crippen LogP contribution in [0.15, 0.2) is 17.8 Å². The largest absolute Gasteiger partial charge is 0.353 e. The lowest BCUT2D eigenvalue weighted by atomic mass is 10.3. The molecule has 0 atom stereocenters. The molecule has 0 spiro atoms. The molecule has 124 valence electrons. The Morgan fingerprint density at radius 2 is 2.00 bits per heavy atom. The van der Waals surface area contributed by atoms with Gasteiger partial charge in [0.25, 0.3) is 0 Å². The second-order valence-corrected chi connectivity index (χ2v) is 7.28. The SMILES string of the molecule is c1nc(N2CCN(Cc3nnnn3C3CC3)CC2)c2sccc2n1. The maximum absolute atomic E-state index is 4.52. The van der Waals surface area contributed by atoms with Gasteiger partial charge in [-0.2, -0.15) is 0 Å². The van der Waals surface area contributed by atoms with Gasteiger partial charge in [0.15, 0.2) is 5.82 Å². The number of rotatable bonds is 4. The fourth-order valence-electron chi connectivity index (χ4n) is 3.24. The van der Waals surface area contributed by atoms with Crippen molar-refractivity contribution < 1.29 is 0 Å². The zero-order valence-electron chi connectivity index (χ0n) is 13.2. The van der Waals surface area contributed by atoms with E-state index in [-0.39, 0.29) is 0 Å². The molecule has 1 aliphatic heterocycles. The first-order valence-electron chi connectivity index (χ1n) is 8.31. The predicted molar refractivity (Wildman–Crippen MR) is 91.0 cm³/mol. The van der Waals surface area contributed by atoms with Crippen LogP contribution in [0.3, 0.4) is 0 Å². The van der Waals surface area contributed by atoms with E-state index in [4.69, 9.17) is 0 Å². The smallest absolute Gasteiger partial charge is 0.165 e. The molecular formula is C15H18N8S. The van der Waals surface area contributed by atoms with E-state index in [0.29, 0.717) is 6.04 Å². The summed E-state index contributed by atoms with van der Waals surface area (Å²) in [5, 5.41) is 14.3. The van der Waals surface area contributed by atoms with Crippen molar-refractivity contribution in [2.45, 2.75) is 25.4 Å². The van der Waals surface area contributed by atoms with Gasteiger partial charge in [-0.25, -0.2) is 14.6 Å². The minimum atomic E-state index is 0.532. The van der Waals surface area contributed by atoms with Crippen molar-refractivity contribution in [1.82, 2.24) is 35.1 Å². The minimum absolute atomic E-state index is 0.532. The predicted octanol–water partition coefficient (Wildman–Crippen LogP) is 1.33.